The van der Waals surface area contributed by atoms with Crippen molar-refractivity contribution in [3.63, 3.8) is 0 Å². The quantitative estimate of drug-likeness (QED) is 0.0222. The van der Waals surface area contributed by atoms with Crippen LogP contribution in [-0.4, -0.2) is 96.7 Å². The summed E-state index contributed by atoms with van der Waals surface area (Å²) in [6.45, 7) is 9.62. The Morgan fingerprint density at radius 1 is 0.281 bits per heavy atom. The van der Waals surface area contributed by atoms with Crippen molar-refractivity contribution in [2.75, 3.05) is 39.6 Å². The molecule has 3 N–H and O–H groups in total. The van der Waals surface area contributed by atoms with Crippen LogP contribution in [0.2, 0.25) is 0 Å². The zero-order chi connectivity index (χ0) is 70.7. The monoisotopic (exact) mass is 1410 g/mol. The number of aliphatic hydroxyl groups excluding tert-OH is 1. The zero-order valence-electron chi connectivity index (χ0n) is 62.7. The number of carbonyl (C=O) groups is 4. The molecule has 19 heteroatoms. The Morgan fingerprint density at radius 2 is 0.479 bits per heavy atom. The van der Waals surface area contributed by atoms with Gasteiger partial charge in [-0.1, -0.05) is 350 Å². The first-order valence-electron chi connectivity index (χ1n) is 40.0. The Morgan fingerprint density at radius 3 is 0.708 bits per heavy atom. The molecule has 0 aromatic heterocycles. The maximum absolute atomic E-state index is 13.1. The van der Waals surface area contributed by atoms with E-state index in [0.717, 1.165) is 115 Å². The summed E-state index contributed by atoms with van der Waals surface area (Å²) in [4.78, 5) is 72.7. The summed E-state index contributed by atoms with van der Waals surface area (Å²) in [7, 11) is -9.91. The Hall–Kier alpha value is -1.94. The molecular formula is C77H150O17P2. The normalized spacial score (nSPS) is 14.0. The Bertz CT molecular complexity index is 1860. The smallest absolute Gasteiger partial charge is 0.462 e. The highest BCUT2D eigenvalue weighted by atomic mass is 31.2. The molecule has 96 heavy (non-hydrogen) atoms. The van der Waals surface area contributed by atoms with Crippen molar-refractivity contribution in [3.05, 3.63) is 0 Å². The minimum absolute atomic E-state index is 0.107. The van der Waals surface area contributed by atoms with Crippen LogP contribution >= 0.6 is 15.6 Å². The van der Waals surface area contributed by atoms with Gasteiger partial charge in [0.1, 0.15) is 19.3 Å². The number of hydrogen-bond acceptors (Lipinski definition) is 15. The molecule has 0 amide bonds. The molecule has 0 aliphatic rings. The van der Waals surface area contributed by atoms with Gasteiger partial charge in [0.05, 0.1) is 26.4 Å². The molecule has 17 nitrogen and oxygen atoms in total. The lowest BCUT2D eigenvalue weighted by molar-refractivity contribution is -0.161. The van der Waals surface area contributed by atoms with Crippen molar-refractivity contribution in [1.82, 2.24) is 0 Å². The molecule has 0 fully saturated rings. The predicted molar refractivity (Wildman–Crippen MR) is 391 cm³/mol. The third kappa shape index (κ3) is 70.5. The molecule has 0 aromatic rings. The van der Waals surface area contributed by atoms with E-state index in [1.807, 2.05) is 0 Å². The number of phosphoric ester groups is 2. The van der Waals surface area contributed by atoms with Gasteiger partial charge < -0.3 is 33.8 Å². The first-order chi connectivity index (χ1) is 46.4. The van der Waals surface area contributed by atoms with Crippen molar-refractivity contribution in [2.24, 2.45) is 11.8 Å². The van der Waals surface area contributed by atoms with Gasteiger partial charge in [-0.25, -0.2) is 9.13 Å². The van der Waals surface area contributed by atoms with E-state index in [1.54, 1.807) is 0 Å². The number of ether oxygens (including phenoxy) is 4. The number of aliphatic hydroxyl groups is 1. The summed E-state index contributed by atoms with van der Waals surface area (Å²) < 4.78 is 68.4. The minimum Gasteiger partial charge on any atom is -0.462 e. The van der Waals surface area contributed by atoms with Gasteiger partial charge in [-0.2, -0.15) is 0 Å². The summed E-state index contributed by atoms with van der Waals surface area (Å²) >= 11 is 0. The second-order valence-corrected chi connectivity index (χ2v) is 31.6. The van der Waals surface area contributed by atoms with Crippen LogP contribution in [0, 0.1) is 11.8 Å². The molecule has 0 aliphatic carbocycles. The summed E-state index contributed by atoms with van der Waals surface area (Å²) in [6, 6.07) is 0. The van der Waals surface area contributed by atoms with Crippen LogP contribution in [0.3, 0.4) is 0 Å². The van der Waals surface area contributed by atoms with Crippen LogP contribution in [0.4, 0.5) is 0 Å². The maximum atomic E-state index is 13.1. The van der Waals surface area contributed by atoms with E-state index >= 15 is 0 Å². The highest BCUT2D eigenvalue weighted by Crippen LogP contribution is 2.45. The molecule has 2 unspecified atom stereocenters. The molecule has 0 heterocycles. The lowest BCUT2D eigenvalue weighted by Crippen LogP contribution is -2.30. The number of phosphoric acid groups is 2. The van der Waals surface area contributed by atoms with E-state index in [9.17, 15) is 43.2 Å². The third-order valence-corrected chi connectivity index (χ3v) is 19.9. The number of rotatable bonds is 76. The van der Waals surface area contributed by atoms with Gasteiger partial charge in [0, 0.05) is 25.7 Å². The molecule has 0 saturated carbocycles. The Balaban J connectivity index is 5.17. The van der Waals surface area contributed by atoms with Crippen LogP contribution in [0.1, 0.15) is 401 Å². The summed E-state index contributed by atoms with van der Waals surface area (Å²) in [6.07, 6.45) is 57.0. The molecule has 0 rings (SSSR count). The van der Waals surface area contributed by atoms with Crippen LogP contribution in [0.5, 0.6) is 0 Å². The molecule has 570 valence electrons. The molecular weight excluding hydrogens is 1260 g/mol. The Kier molecular flexibility index (Phi) is 67.4. The SMILES string of the molecule is CCCCCCCCCCCCCCC(=O)O[C@H](COC(=O)CCCCCCCCC)COP(=O)(O)OC[C@H](O)COP(=O)(O)OC[C@@H](COC(=O)CCCCCCCCCCCCCCCC(C)C)OC(=O)CCCCCCCCCCCCCCCCCCCCC(C)C. The lowest BCUT2D eigenvalue weighted by atomic mass is 10.0. The fourth-order valence-electron chi connectivity index (χ4n) is 11.8. The van der Waals surface area contributed by atoms with E-state index < -0.39 is 97.5 Å². The van der Waals surface area contributed by atoms with Crippen LogP contribution < -0.4 is 0 Å². The second kappa shape index (κ2) is 68.8. The van der Waals surface area contributed by atoms with Gasteiger partial charge in [0.15, 0.2) is 12.2 Å². The molecule has 0 radical (unpaired) electrons. The first-order valence-corrected chi connectivity index (χ1v) is 43.0. The van der Waals surface area contributed by atoms with Crippen molar-refractivity contribution < 1.29 is 80.2 Å². The van der Waals surface area contributed by atoms with E-state index in [1.165, 1.54) is 205 Å². The highest BCUT2D eigenvalue weighted by molar-refractivity contribution is 7.47. The average Bonchev–Trinajstić information content (AvgIpc) is 2.34. The van der Waals surface area contributed by atoms with Crippen LogP contribution in [0.15, 0.2) is 0 Å². The van der Waals surface area contributed by atoms with Gasteiger partial charge in [-0.05, 0) is 37.5 Å². The molecule has 5 atom stereocenters. The highest BCUT2D eigenvalue weighted by Gasteiger charge is 2.30. The van der Waals surface area contributed by atoms with Crippen molar-refractivity contribution in [3.8, 4) is 0 Å². The summed E-state index contributed by atoms with van der Waals surface area (Å²) in [5.41, 5.74) is 0. The number of unbranched alkanes of at least 4 members (excludes halogenated alkanes) is 46. The summed E-state index contributed by atoms with van der Waals surface area (Å²) in [5, 5.41) is 10.6. The van der Waals surface area contributed by atoms with Crippen LogP contribution in [-0.2, 0) is 65.4 Å². The van der Waals surface area contributed by atoms with Crippen molar-refractivity contribution in [2.45, 2.75) is 419 Å². The second-order valence-electron chi connectivity index (χ2n) is 28.7. The van der Waals surface area contributed by atoms with E-state index in [2.05, 4.69) is 41.5 Å². The molecule has 0 spiro atoms. The molecule has 0 saturated heterocycles. The van der Waals surface area contributed by atoms with E-state index in [4.69, 9.17) is 37.0 Å². The number of hydrogen-bond donors (Lipinski definition) is 3. The van der Waals surface area contributed by atoms with E-state index in [0.29, 0.717) is 25.7 Å². The number of carbonyl (C=O) groups excluding carboxylic acids is 4. The van der Waals surface area contributed by atoms with Gasteiger partial charge in [0.25, 0.3) is 0 Å². The summed E-state index contributed by atoms with van der Waals surface area (Å²) in [5.74, 6) is -0.507. The van der Waals surface area contributed by atoms with Gasteiger partial charge in [-0.15, -0.1) is 0 Å². The fraction of sp³-hybridized carbons (Fsp3) is 0.948. The maximum Gasteiger partial charge on any atom is 0.472 e. The molecule has 0 aromatic carbocycles. The Labute approximate surface area is 588 Å². The van der Waals surface area contributed by atoms with Gasteiger partial charge in [0.2, 0.25) is 0 Å². The minimum atomic E-state index is -4.96. The predicted octanol–water partition coefficient (Wildman–Crippen LogP) is 22.7. The van der Waals surface area contributed by atoms with Crippen LogP contribution in [0.25, 0.3) is 0 Å². The molecule has 0 bridgehead atoms. The average molecular weight is 1410 g/mol. The van der Waals surface area contributed by atoms with Crippen molar-refractivity contribution >= 4 is 39.5 Å². The lowest BCUT2D eigenvalue weighted by Gasteiger charge is -2.21. The standard InChI is InChI=1S/C77H150O17P2/c1-7-9-11-13-15-16-17-31-37-43-49-55-61-76(81)93-72(65-87-74(79)59-53-47-39-14-12-10-8-2)67-91-95(83,84)89-63-71(78)64-90-96(85,86)92-68-73(66-88-75(80)60-54-48-42-36-32-28-24-26-30-35-41-46-52-58-70(5)6)94-77(82)62-56-50-44-38-33-27-23-21-19-18-20-22-25-29-34-40-45-51-57-69(3)4/h69-73,78H,7-68H2,1-6H3,(H,83,84)(H,85,86)/t71-,72+,73+/m0/s1. The topological polar surface area (TPSA) is 237 Å². The molecule has 0 aliphatic heterocycles. The third-order valence-electron chi connectivity index (χ3n) is 18.0. The fourth-order valence-corrected chi connectivity index (χ4v) is 13.4. The van der Waals surface area contributed by atoms with Gasteiger partial charge >= 0.3 is 39.5 Å². The largest absolute Gasteiger partial charge is 0.472 e. The first kappa shape index (κ1) is 94.1. The number of esters is 4. The van der Waals surface area contributed by atoms with Crippen molar-refractivity contribution in [1.29, 1.82) is 0 Å². The van der Waals surface area contributed by atoms with E-state index in [-0.39, 0.29) is 25.7 Å². The van der Waals surface area contributed by atoms with Gasteiger partial charge in [-0.3, -0.25) is 37.3 Å². The zero-order valence-corrected chi connectivity index (χ0v) is 64.5.